The van der Waals surface area contributed by atoms with Crippen LogP contribution < -0.4 is 4.74 Å². The Morgan fingerprint density at radius 3 is 2.50 bits per heavy atom. The molecule has 0 amide bonds. The average molecular weight is 224 g/mol. The van der Waals surface area contributed by atoms with E-state index in [4.69, 9.17) is 19.7 Å². The maximum atomic E-state index is 8.93. The molecule has 1 atom stereocenters. The first-order valence-electron chi connectivity index (χ1n) is 5.50. The molecule has 1 aliphatic rings. The molecule has 0 saturated carbocycles. The smallest absolute Gasteiger partial charge is 0.199 e. The average Bonchev–Trinajstić information content (AvgIpc) is 2.31. The molecule has 1 aromatic rings. The van der Waals surface area contributed by atoms with Crippen molar-refractivity contribution in [3.63, 3.8) is 0 Å². The maximum Gasteiger partial charge on any atom is 0.199 e. The van der Waals surface area contributed by atoms with Crippen LogP contribution in [-0.4, -0.2) is 23.1 Å². The first-order chi connectivity index (χ1) is 7.75. The highest BCUT2D eigenvalue weighted by Gasteiger charge is 2.15. The van der Waals surface area contributed by atoms with Gasteiger partial charge in [0.15, 0.2) is 12.6 Å². The fraction of sp³-hybridized carbons (Fsp3) is 0.500. The second kappa shape index (κ2) is 5.30. The lowest BCUT2D eigenvalue weighted by molar-refractivity contribution is -0.105. The van der Waals surface area contributed by atoms with Gasteiger partial charge in [0.1, 0.15) is 5.75 Å². The number of rotatable bonds is 3. The molecular formula is C12H16O4. The van der Waals surface area contributed by atoms with E-state index in [1.807, 2.05) is 0 Å². The molecule has 0 radical (unpaired) electrons. The molecule has 1 saturated heterocycles. The van der Waals surface area contributed by atoms with Crippen molar-refractivity contribution >= 4 is 0 Å². The van der Waals surface area contributed by atoms with Gasteiger partial charge in [-0.2, -0.15) is 0 Å². The minimum atomic E-state index is -1.43. The molecule has 1 unspecified atom stereocenters. The van der Waals surface area contributed by atoms with E-state index in [0.29, 0.717) is 11.3 Å². The number of hydrogen-bond acceptors (Lipinski definition) is 4. The molecule has 4 heteroatoms. The van der Waals surface area contributed by atoms with Crippen LogP contribution in [0.25, 0.3) is 0 Å². The van der Waals surface area contributed by atoms with Crippen molar-refractivity contribution < 1.29 is 19.7 Å². The van der Waals surface area contributed by atoms with E-state index < -0.39 is 6.29 Å². The van der Waals surface area contributed by atoms with Crippen molar-refractivity contribution in [2.24, 2.45) is 0 Å². The number of hydrogen-bond donors (Lipinski definition) is 2. The van der Waals surface area contributed by atoms with Crippen LogP contribution >= 0.6 is 0 Å². The van der Waals surface area contributed by atoms with Crippen LogP contribution in [0.1, 0.15) is 31.1 Å². The Kier molecular flexibility index (Phi) is 3.77. The number of aliphatic hydroxyl groups excluding tert-OH is 1. The Balaban J connectivity index is 1.93. The van der Waals surface area contributed by atoms with Crippen molar-refractivity contribution in [2.45, 2.75) is 31.8 Å². The van der Waals surface area contributed by atoms with E-state index in [2.05, 4.69) is 0 Å². The fourth-order valence-electron chi connectivity index (χ4n) is 1.67. The highest BCUT2D eigenvalue weighted by molar-refractivity contribution is 5.27. The highest BCUT2D eigenvalue weighted by atomic mass is 16.7. The van der Waals surface area contributed by atoms with Gasteiger partial charge in [0.05, 0.1) is 6.61 Å². The summed E-state index contributed by atoms with van der Waals surface area (Å²) < 4.78 is 11.0. The summed E-state index contributed by atoms with van der Waals surface area (Å²) in [6.45, 7) is 0.748. The monoisotopic (exact) mass is 224 g/mol. The topological polar surface area (TPSA) is 58.9 Å². The zero-order valence-corrected chi connectivity index (χ0v) is 9.00. The summed E-state index contributed by atoms with van der Waals surface area (Å²) in [4.78, 5) is 0. The second-order valence-electron chi connectivity index (χ2n) is 3.86. The Morgan fingerprint density at radius 2 is 1.94 bits per heavy atom. The number of benzene rings is 1. The van der Waals surface area contributed by atoms with Crippen LogP contribution in [0.5, 0.6) is 5.75 Å². The predicted molar refractivity (Wildman–Crippen MR) is 57.8 cm³/mol. The normalized spacial score (nSPS) is 21.1. The first-order valence-corrected chi connectivity index (χ1v) is 5.50. The lowest BCUT2D eigenvalue weighted by atomic mass is 10.2. The molecule has 1 fully saturated rings. The number of ether oxygens (including phenoxy) is 2. The van der Waals surface area contributed by atoms with Crippen LogP contribution in [0.15, 0.2) is 24.3 Å². The van der Waals surface area contributed by atoms with E-state index in [1.54, 1.807) is 24.3 Å². The number of aliphatic hydroxyl groups is 2. The Bertz CT molecular complexity index is 314. The van der Waals surface area contributed by atoms with Gasteiger partial charge in [0.2, 0.25) is 0 Å². The first kappa shape index (κ1) is 11.4. The Labute approximate surface area is 94.4 Å². The zero-order chi connectivity index (χ0) is 11.4. The maximum absolute atomic E-state index is 8.93. The van der Waals surface area contributed by atoms with Gasteiger partial charge >= 0.3 is 0 Å². The summed E-state index contributed by atoms with van der Waals surface area (Å²) in [6, 6.07) is 6.69. The summed E-state index contributed by atoms with van der Waals surface area (Å²) in [5, 5.41) is 17.9. The predicted octanol–water partition coefficient (Wildman–Crippen LogP) is 1.58. The molecule has 0 aliphatic carbocycles. The van der Waals surface area contributed by atoms with Gasteiger partial charge in [0.25, 0.3) is 0 Å². The molecular weight excluding hydrogens is 208 g/mol. The molecule has 2 rings (SSSR count). The molecule has 1 aliphatic heterocycles. The highest BCUT2D eigenvalue weighted by Crippen LogP contribution is 2.20. The summed E-state index contributed by atoms with van der Waals surface area (Å²) >= 11 is 0. The molecule has 2 N–H and O–H groups in total. The van der Waals surface area contributed by atoms with Crippen LogP contribution in [0, 0.1) is 0 Å². The van der Waals surface area contributed by atoms with E-state index in [9.17, 15) is 0 Å². The van der Waals surface area contributed by atoms with Crippen molar-refractivity contribution in [3.8, 4) is 5.75 Å². The van der Waals surface area contributed by atoms with Crippen molar-refractivity contribution in [2.75, 3.05) is 6.61 Å². The van der Waals surface area contributed by atoms with Crippen LogP contribution in [0.2, 0.25) is 0 Å². The van der Waals surface area contributed by atoms with E-state index in [0.717, 1.165) is 25.9 Å². The van der Waals surface area contributed by atoms with Crippen LogP contribution in [0.4, 0.5) is 0 Å². The SMILES string of the molecule is OC(O)c1ccc(OC2CCCCO2)cc1. The molecule has 0 aromatic heterocycles. The van der Waals surface area contributed by atoms with Gasteiger partial charge in [0, 0.05) is 12.0 Å². The summed E-state index contributed by atoms with van der Waals surface area (Å²) in [7, 11) is 0. The minimum Gasteiger partial charge on any atom is -0.465 e. The molecule has 1 heterocycles. The molecule has 1 aromatic carbocycles. The van der Waals surface area contributed by atoms with Gasteiger partial charge in [-0.25, -0.2) is 0 Å². The van der Waals surface area contributed by atoms with E-state index in [1.165, 1.54) is 0 Å². The third kappa shape index (κ3) is 2.95. The standard InChI is InChI=1S/C12H16O4/c13-12(14)9-4-6-10(7-5-9)16-11-3-1-2-8-15-11/h4-7,11-14H,1-3,8H2. The molecule has 0 bridgehead atoms. The summed E-state index contributed by atoms with van der Waals surface area (Å²) in [5.74, 6) is 0.691. The lowest BCUT2D eigenvalue weighted by Crippen LogP contribution is -2.24. The quantitative estimate of drug-likeness (QED) is 0.765. The van der Waals surface area contributed by atoms with Crippen molar-refractivity contribution in [1.29, 1.82) is 0 Å². The lowest BCUT2D eigenvalue weighted by Gasteiger charge is -2.23. The van der Waals surface area contributed by atoms with Gasteiger partial charge < -0.3 is 19.7 Å². The second-order valence-corrected chi connectivity index (χ2v) is 3.86. The third-order valence-corrected chi connectivity index (χ3v) is 2.58. The van der Waals surface area contributed by atoms with E-state index >= 15 is 0 Å². The third-order valence-electron chi connectivity index (χ3n) is 2.58. The molecule has 4 nitrogen and oxygen atoms in total. The van der Waals surface area contributed by atoms with Gasteiger partial charge in [-0.1, -0.05) is 12.1 Å². The van der Waals surface area contributed by atoms with Gasteiger partial charge in [-0.3, -0.25) is 0 Å². The van der Waals surface area contributed by atoms with Crippen LogP contribution in [0.3, 0.4) is 0 Å². The van der Waals surface area contributed by atoms with Crippen molar-refractivity contribution in [1.82, 2.24) is 0 Å². The summed E-state index contributed by atoms with van der Waals surface area (Å²) in [5.41, 5.74) is 0.455. The van der Waals surface area contributed by atoms with Crippen LogP contribution in [-0.2, 0) is 4.74 Å². The zero-order valence-electron chi connectivity index (χ0n) is 9.00. The van der Waals surface area contributed by atoms with Crippen molar-refractivity contribution in [3.05, 3.63) is 29.8 Å². The molecule has 88 valence electrons. The van der Waals surface area contributed by atoms with E-state index in [-0.39, 0.29) is 6.29 Å². The Morgan fingerprint density at radius 1 is 1.19 bits per heavy atom. The minimum absolute atomic E-state index is 0.168. The largest absolute Gasteiger partial charge is 0.465 e. The molecule has 16 heavy (non-hydrogen) atoms. The molecule has 0 spiro atoms. The Hall–Kier alpha value is -1.10. The fourth-order valence-corrected chi connectivity index (χ4v) is 1.67. The van der Waals surface area contributed by atoms with Gasteiger partial charge in [-0.15, -0.1) is 0 Å². The summed E-state index contributed by atoms with van der Waals surface area (Å²) in [6.07, 6.45) is 1.52. The van der Waals surface area contributed by atoms with Gasteiger partial charge in [-0.05, 0) is 25.0 Å².